The van der Waals surface area contributed by atoms with Gasteiger partial charge in [0.2, 0.25) is 5.95 Å². The fourth-order valence-electron chi connectivity index (χ4n) is 5.31. The quantitative estimate of drug-likeness (QED) is 0.719. The molecule has 4 aliphatic rings. The van der Waals surface area contributed by atoms with Crippen molar-refractivity contribution in [1.29, 1.82) is 0 Å². The Bertz CT molecular complexity index is 1060. The van der Waals surface area contributed by atoms with Crippen molar-refractivity contribution in [3.8, 4) is 0 Å². The number of nitrogens with zero attached hydrogens (tertiary/aromatic N) is 4. The predicted molar refractivity (Wildman–Crippen MR) is 127 cm³/mol. The number of aryl methyl sites for hydroxylation is 3. The zero-order chi connectivity index (χ0) is 21.7. The molecule has 170 valence electrons. The lowest BCUT2D eigenvalue weighted by Gasteiger charge is -2.42. The number of fused-ring (bicyclic) bond motifs is 2. The van der Waals surface area contributed by atoms with Crippen molar-refractivity contribution in [2.24, 2.45) is 0 Å². The minimum Gasteiger partial charge on any atom is -0.394 e. The largest absolute Gasteiger partial charge is 0.394 e. The lowest BCUT2D eigenvalue weighted by molar-refractivity contribution is 0.143. The topological polar surface area (TPSA) is 81.6 Å². The average molecular weight is 454 g/mol. The van der Waals surface area contributed by atoms with Crippen LogP contribution in [0.4, 0.5) is 17.5 Å². The van der Waals surface area contributed by atoms with Crippen LogP contribution in [0.1, 0.15) is 42.5 Å². The minimum absolute atomic E-state index is 0.0766. The van der Waals surface area contributed by atoms with Crippen LogP contribution in [-0.4, -0.2) is 63.4 Å². The zero-order valence-electron chi connectivity index (χ0n) is 18.5. The first-order chi connectivity index (χ1) is 15.6. The van der Waals surface area contributed by atoms with Gasteiger partial charge in [0.15, 0.2) is 0 Å². The third kappa shape index (κ3) is 3.48. The molecule has 0 radical (unpaired) electrons. The van der Waals surface area contributed by atoms with Gasteiger partial charge in [-0.3, -0.25) is 4.21 Å². The van der Waals surface area contributed by atoms with E-state index in [1.54, 1.807) is 0 Å². The van der Waals surface area contributed by atoms with Crippen molar-refractivity contribution in [3.63, 3.8) is 0 Å². The van der Waals surface area contributed by atoms with Crippen LogP contribution in [0.3, 0.4) is 0 Å². The molecule has 2 aliphatic carbocycles. The summed E-state index contributed by atoms with van der Waals surface area (Å²) in [5.41, 5.74) is 4.91. The van der Waals surface area contributed by atoms with Gasteiger partial charge in [0.1, 0.15) is 10.7 Å². The van der Waals surface area contributed by atoms with Crippen molar-refractivity contribution < 1.29 is 9.32 Å². The van der Waals surface area contributed by atoms with Crippen LogP contribution in [0, 0.1) is 0 Å². The molecule has 1 saturated heterocycles. The van der Waals surface area contributed by atoms with Gasteiger partial charge in [-0.2, -0.15) is 4.98 Å². The second kappa shape index (κ2) is 7.99. The number of aliphatic hydroxyl groups is 1. The molecule has 0 unspecified atom stereocenters. The molecule has 7 nitrogen and oxygen atoms in total. The number of aliphatic hydroxyl groups excluding tert-OH is 1. The molecule has 1 aromatic carbocycles. The molecule has 3 heterocycles. The molecule has 1 saturated carbocycles. The fraction of sp³-hybridized carbons (Fsp3) is 0.583. The van der Waals surface area contributed by atoms with Crippen LogP contribution in [0.5, 0.6) is 0 Å². The number of anilines is 3. The number of rotatable bonds is 5. The molecule has 0 spiro atoms. The Morgan fingerprint density at radius 3 is 2.44 bits per heavy atom. The smallest absolute Gasteiger partial charge is 0.227 e. The van der Waals surface area contributed by atoms with Crippen LogP contribution in [0.25, 0.3) is 0 Å². The Labute approximate surface area is 191 Å². The molecule has 6 rings (SSSR count). The van der Waals surface area contributed by atoms with E-state index < -0.39 is 10.8 Å². The predicted octanol–water partition coefficient (Wildman–Crippen LogP) is 2.28. The van der Waals surface area contributed by atoms with Crippen molar-refractivity contribution in [3.05, 3.63) is 35.0 Å². The summed E-state index contributed by atoms with van der Waals surface area (Å²) in [6.07, 6.45) is 7.10. The number of aromatic nitrogens is 2. The van der Waals surface area contributed by atoms with Gasteiger partial charge in [-0.25, -0.2) is 4.98 Å². The van der Waals surface area contributed by atoms with Crippen molar-refractivity contribution in [2.75, 3.05) is 53.7 Å². The van der Waals surface area contributed by atoms with E-state index in [1.807, 2.05) is 0 Å². The summed E-state index contributed by atoms with van der Waals surface area (Å²) in [4.78, 5) is 15.2. The van der Waals surface area contributed by atoms with Crippen molar-refractivity contribution >= 4 is 28.3 Å². The third-order valence-electron chi connectivity index (χ3n) is 7.67. The summed E-state index contributed by atoms with van der Waals surface area (Å²) in [5.74, 6) is 2.08. The van der Waals surface area contributed by atoms with Crippen LogP contribution < -0.4 is 15.1 Å². The van der Waals surface area contributed by atoms with E-state index in [4.69, 9.17) is 9.97 Å². The van der Waals surface area contributed by atoms with E-state index in [9.17, 15) is 9.32 Å². The molecule has 2 aliphatic heterocycles. The molecule has 0 bridgehead atoms. The number of benzene rings is 1. The van der Waals surface area contributed by atoms with Crippen LogP contribution in [-0.2, 0) is 30.1 Å². The van der Waals surface area contributed by atoms with Gasteiger partial charge in [0, 0.05) is 37.6 Å². The second-order valence-corrected chi connectivity index (χ2v) is 11.2. The van der Waals surface area contributed by atoms with E-state index in [2.05, 4.69) is 33.3 Å². The average Bonchev–Trinajstić information content (AvgIpc) is 2.77. The molecular weight excluding hydrogens is 422 g/mol. The number of hydrogen-bond donors (Lipinski definition) is 2. The Hall–Kier alpha value is -2.19. The van der Waals surface area contributed by atoms with E-state index in [0.717, 1.165) is 74.8 Å². The first kappa shape index (κ1) is 20.4. The maximum atomic E-state index is 12.8. The van der Waals surface area contributed by atoms with Gasteiger partial charge >= 0.3 is 0 Å². The molecule has 2 N–H and O–H groups in total. The molecule has 1 aromatic heterocycles. The molecule has 2 fully saturated rings. The summed E-state index contributed by atoms with van der Waals surface area (Å²) in [6.45, 7) is 3.68. The lowest BCUT2D eigenvalue weighted by atomic mass is 9.77. The van der Waals surface area contributed by atoms with E-state index in [0.29, 0.717) is 11.6 Å². The summed E-state index contributed by atoms with van der Waals surface area (Å²) in [6, 6.07) is 6.89. The standard InChI is InChI=1S/C24H31N5O2S/c30-16-24(8-2-9-24)27-22-21-20(3-1-14-32(21)31)25-23(26-22)29-12-10-28(11-13-29)19-7-6-17-4-5-18(17)15-19/h6-7,15,30H,1-5,8-14,16H2,(H,25,26,27)/t32-/m0/s1. The maximum absolute atomic E-state index is 12.8. The molecule has 2 aromatic rings. The number of nitrogens with one attached hydrogen (secondary N) is 1. The summed E-state index contributed by atoms with van der Waals surface area (Å²) in [7, 11) is -1.08. The lowest BCUT2D eigenvalue weighted by Crippen LogP contribution is -2.49. The van der Waals surface area contributed by atoms with Crippen LogP contribution in [0.2, 0.25) is 0 Å². The van der Waals surface area contributed by atoms with E-state index >= 15 is 0 Å². The highest BCUT2D eigenvalue weighted by molar-refractivity contribution is 7.85. The Morgan fingerprint density at radius 1 is 1.00 bits per heavy atom. The van der Waals surface area contributed by atoms with Gasteiger partial charge in [-0.15, -0.1) is 0 Å². The first-order valence-electron chi connectivity index (χ1n) is 11.9. The first-order valence-corrected chi connectivity index (χ1v) is 13.3. The molecule has 0 amide bonds. The molecular formula is C24H31N5O2S. The minimum atomic E-state index is -1.08. The van der Waals surface area contributed by atoms with Crippen LogP contribution in [0.15, 0.2) is 23.1 Å². The van der Waals surface area contributed by atoms with Gasteiger partial charge < -0.3 is 20.2 Å². The van der Waals surface area contributed by atoms with E-state index in [-0.39, 0.29) is 12.1 Å². The van der Waals surface area contributed by atoms with E-state index in [1.165, 1.54) is 29.7 Å². The fourth-order valence-corrected chi connectivity index (χ4v) is 6.65. The summed E-state index contributed by atoms with van der Waals surface area (Å²) < 4.78 is 12.8. The molecule has 8 heteroatoms. The molecule has 32 heavy (non-hydrogen) atoms. The van der Waals surface area contributed by atoms with Crippen molar-refractivity contribution in [1.82, 2.24) is 9.97 Å². The number of hydrogen-bond acceptors (Lipinski definition) is 7. The molecule has 1 atom stereocenters. The van der Waals surface area contributed by atoms with Gasteiger partial charge in [-0.05, 0) is 68.2 Å². The number of piperazine rings is 1. The second-order valence-electron chi connectivity index (χ2n) is 9.65. The third-order valence-corrected chi connectivity index (χ3v) is 9.22. The highest BCUT2D eigenvalue weighted by atomic mass is 32.2. The maximum Gasteiger partial charge on any atom is 0.227 e. The van der Waals surface area contributed by atoms with Gasteiger partial charge in [-0.1, -0.05) is 6.07 Å². The van der Waals surface area contributed by atoms with Gasteiger partial charge in [0.25, 0.3) is 0 Å². The summed E-state index contributed by atoms with van der Waals surface area (Å²) >= 11 is 0. The van der Waals surface area contributed by atoms with Crippen LogP contribution >= 0.6 is 0 Å². The summed E-state index contributed by atoms with van der Waals surface area (Å²) in [5, 5.41) is 13.5. The highest BCUT2D eigenvalue weighted by Crippen LogP contribution is 2.38. The SMILES string of the molecule is O=[S@]1CCCc2nc(N3CCN(c4ccc5c(c4)CC5)CC3)nc(NC3(CO)CCC3)c21. The highest BCUT2D eigenvalue weighted by Gasteiger charge is 2.38. The van der Waals surface area contributed by atoms with Gasteiger partial charge in [0.05, 0.1) is 28.6 Å². The van der Waals surface area contributed by atoms with Crippen molar-refractivity contribution in [2.45, 2.75) is 55.4 Å². The monoisotopic (exact) mass is 453 g/mol. The Balaban J connectivity index is 1.24. The Kier molecular flexibility index (Phi) is 5.10. The Morgan fingerprint density at radius 2 is 1.78 bits per heavy atom. The normalized spacial score (nSPS) is 23.6. The zero-order valence-corrected chi connectivity index (χ0v) is 19.3.